The summed E-state index contributed by atoms with van der Waals surface area (Å²) in [6.07, 6.45) is 10.4. The molecule has 0 saturated heterocycles. The van der Waals surface area contributed by atoms with E-state index in [1.54, 1.807) is 0 Å². The molecule has 2 nitrogen and oxygen atoms in total. The van der Waals surface area contributed by atoms with Crippen molar-refractivity contribution in [3.63, 3.8) is 0 Å². The second-order valence-corrected chi connectivity index (χ2v) is 2.88. The van der Waals surface area contributed by atoms with Crippen LogP contribution in [0.4, 0.5) is 0 Å². The van der Waals surface area contributed by atoms with Gasteiger partial charge in [-0.3, -0.25) is 4.99 Å². The first-order valence-corrected chi connectivity index (χ1v) is 4.06. The van der Waals surface area contributed by atoms with E-state index in [1.165, 1.54) is 0 Å². The lowest BCUT2D eigenvalue weighted by Gasteiger charge is -2.25. The Balaban J connectivity index is 2.18. The fourth-order valence-corrected chi connectivity index (χ4v) is 1.62. The smallest absolute Gasteiger partial charge is 0.0598 e. The lowest BCUT2D eigenvalue weighted by molar-refractivity contribution is 0.342. The highest BCUT2D eigenvalue weighted by atomic mass is 15.2. The minimum atomic E-state index is 0.514. The van der Waals surface area contributed by atoms with Gasteiger partial charge in [0.25, 0.3) is 0 Å². The van der Waals surface area contributed by atoms with E-state index in [2.05, 4.69) is 35.2 Å². The average molecular weight is 148 g/mol. The summed E-state index contributed by atoms with van der Waals surface area (Å²) in [7, 11) is 0. The van der Waals surface area contributed by atoms with Crippen molar-refractivity contribution in [2.75, 3.05) is 6.54 Å². The molecule has 0 spiro atoms. The van der Waals surface area contributed by atoms with Crippen molar-refractivity contribution in [2.24, 2.45) is 10.9 Å². The molecule has 0 radical (unpaired) electrons. The lowest BCUT2D eigenvalue weighted by atomic mass is 10.0. The van der Waals surface area contributed by atoms with Crippen LogP contribution in [0.2, 0.25) is 0 Å². The molecule has 0 aliphatic carbocycles. The van der Waals surface area contributed by atoms with Gasteiger partial charge in [0.1, 0.15) is 0 Å². The molecule has 0 fully saturated rings. The molecule has 2 rings (SSSR count). The standard InChI is InChI=1S/C9H12N2/c1-2-11-6-4-8-7-10-5-3-9(8)11/h3-9H,2H2,1H3. The van der Waals surface area contributed by atoms with Gasteiger partial charge >= 0.3 is 0 Å². The van der Waals surface area contributed by atoms with Gasteiger partial charge in [0, 0.05) is 24.9 Å². The minimum absolute atomic E-state index is 0.514. The Bertz CT molecular complexity index is 228. The third kappa shape index (κ3) is 0.985. The van der Waals surface area contributed by atoms with Crippen LogP contribution in [0.25, 0.3) is 0 Å². The van der Waals surface area contributed by atoms with Crippen LogP contribution in [0.5, 0.6) is 0 Å². The highest BCUT2D eigenvalue weighted by Gasteiger charge is 2.25. The molecule has 0 aromatic heterocycles. The predicted molar refractivity (Wildman–Crippen MR) is 46.4 cm³/mol. The molecule has 58 valence electrons. The van der Waals surface area contributed by atoms with Gasteiger partial charge < -0.3 is 4.90 Å². The van der Waals surface area contributed by atoms with Gasteiger partial charge in [-0.05, 0) is 19.2 Å². The lowest BCUT2D eigenvalue weighted by Crippen LogP contribution is -2.31. The molecule has 0 bridgehead atoms. The molecule has 2 aliphatic heterocycles. The summed E-state index contributed by atoms with van der Waals surface area (Å²) in [5.74, 6) is 0.514. The normalized spacial score (nSPS) is 33.0. The topological polar surface area (TPSA) is 15.6 Å². The summed E-state index contributed by atoms with van der Waals surface area (Å²) in [4.78, 5) is 6.43. The van der Waals surface area contributed by atoms with Crippen LogP contribution in [0.15, 0.2) is 29.5 Å². The van der Waals surface area contributed by atoms with Crippen molar-refractivity contribution in [2.45, 2.75) is 13.0 Å². The second kappa shape index (κ2) is 2.53. The quantitative estimate of drug-likeness (QED) is 0.549. The molecule has 0 aromatic carbocycles. The Labute approximate surface area is 66.9 Å². The number of nitrogens with zero attached hydrogens (tertiary/aromatic N) is 2. The van der Waals surface area contributed by atoms with Crippen molar-refractivity contribution in [1.82, 2.24) is 4.90 Å². The van der Waals surface area contributed by atoms with Gasteiger partial charge in [-0.2, -0.15) is 0 Å². The minimum Gasteiger partial charge on any atom is -0.371 e. The van der Waals surface area contributed by atoms with Crippen molar-refractivity contribution >= 4 is 6.21 Å². The molecule has 0 saturated carbocycles. The van der Waals surface area contributed by atoms with E-state index in [0.717, 1.165) is 6.54 Å². The molecular formula is C9H12N2. The number of likely N-dealkylation sites (N-methyl/N-ethyl adjacent to an activating group) is 1. The van der Waals surface area contributed by atoms with Crippen molar-refractivity contribution < 1.29 is 0 Å². The Morgan fingerprint density at radius 2 is 2.36 bits per heavy atom. The fourth-order valence-electron chi connectivity index (χ4n) is 1.62. The van der Waals surface area contributed by atoms with E-state index in [-0.39, 0.29) is 0 Å². The summed E-state index contributed by atoms with van der Waals surface area (Å²) in [5, 5.41) is 0. The number of aliphatic imine (C=N–C) groups is 1. The monoisotopic (exact) mass is 148 g/mol. The predicted octanol–water partition coefficient (Wildman–Crippen LogP) is 1.42. The van der Waals surface area contributed by atoms with E-state index in [1.807, 2.05) is 12.4 Å². The highest BCUT2D eigenvalue weighted by molar-refractivity contribution is 5.68. The van der Waals surface area contributed by atoms with E-state index in [0.29, 0.717) is 12.0 Å². The van der Waals surface area contributed by atoms with Gasteiger partial charge in [0.15, 0.2) is 0 Å². The number of hydrogen-bond donors (Lipinski definition) is 0. The van der Waals surface area contributed by atoms with Crippen molar-refractivity contribution in [3.05, 3.63) is 24.6 Å². The molecule has 0 aromatic rings. The van der Waals surface area contributed by atoms with Gasteiger partial charge in [-0.1, -0.05) is 6.08 Å². The maximum atomic E-state index is 4.11. The highest BCUT2D eigenvalue weighted by Crippen LogP contribution is 2.22. The maximum Gasteiger partial charge on any atom is 0.0598 e. The first kappa shape index (κ1) is 6.65. The van der Waals surface area contributed by atoms with Gasteiger partial charge in [0.05, 0.1) is 6.04 Å². The Morgan fingerprint density at radius 1 is 1.45 bits per heavy atom. The molecule has 2 atom stereocenters. The van der Waals surface area contributed by atoms with Crippen LogP contribution in [-0.4, -0.2) is 23.7 Å². The maximum absolute atomic E-state index is 4.11. The van der Waals surface area contributed by atoms with Gasteiger partial charge in [0.2, 0.25) is 0 Å². The van der Waals surface area contributed by atoms with Crippen LogP contribution in [0.1, 0.15) is 6.92 Å². The first-order valence-electron chi connectivity index (χ1n) is 4.06. The average Bonchev–Trinajstić information content (AvgIpc) is 2.47. The van der Waals surface area contributed by atoms with E-state index in [4.69, 9.17) is 0 Å². The summed E-state index contributed by atoms with van der Waals surface area (Å²) in [5.41, 5.74) is 0. The van der Waals surface area contributed by atoms with E-state index >= 15 is 0 Å². The first-order chi connectivity index (χ1) is 5.42. The zero-order chi connectivity index (χ0) is 7.68. The molecule has 2 unspecified atom stereocenters. The zero-order valence-electron chi connectivity index (χ0n) is 6.64. The Kier molecular flexibility index (Phi) is 1.53. The number of rotatable bonds is 1. The Morgan fingerprint density at radius 3 is 3.18 bits per heavy atom. The van der Waals surface area contributed by atoms with E-state index in [9.17, 15) is 0 Å². The van der Waals surface area contributed by atoms with Crippen molar-refractivity contribution in [3.8, 4) is 0 Å². The van der Waals surface area contributed by atoms with Gasteiger partial charge in [-0.25, -0.2) is 0 Å². The second-order valence-electron chi connectivity index (χ2n) is 2.88. The summed E-state index contributed by atoms with van der Waals surface area (Å²) >= 11 is 0. The number of fused-ring (bicyclic) bond motifs is 1. The summed E-state index contributed by atoms with van der Waals surface area (Å²) in [6.45, 7) is 3.25. The molecule has 0 amide bonds. The van der Waals surface area contributed by atoms with Crippen LogP contribution in [0.3, 0.4) is 0 Å². The van der Waals surface area contributed by atoms with Crippen LogP contribution >= 0.6 is 0 Å². The van der Waals surface area contributed by atoms with Crippen LogP contribution in [-0.2, 0) is 0 Å². The molecule has 0 N–H and O–H groups in total. The van der Waals surface area contributed by atoms with Gasteiger partial charge in [-0.15, -0.1) is 0 Å². The van der Waals surface area contributed by atoms with Crippen LogP contribution < -0.4 is 0 Å². The zero-order valence-corrected chi connectivity index (χ0v) is 6.64. The number of hydrogen-bond acceptors (Lipinski definition) is 2. The molecular weight excluding hydrogens is 136 g/mol. The molecule has 11 heavy (non-hydrogen) atoms. The Hall–Kier alpha value is -1.05. The summed E-state index contributed by atoms with van der Waals surface area (Å²) in [6, 6.07) is 0.539. The largest absolute Gasteiger partial charge is 0.371 e. The van der Waals surface area contributed by atoms with Crippen molar-refractivity contribution in [1.29, 1.82) is 0 Å². The third-order valence-corrected chi connectivity index (χ3v) is 2.27. The molecule has 2 aliphatic rings. The van der Waals surface area contributed by atoms with E-state index < -0.39 is 0 Å². The third-order valence-electron chi connectivity index (χ3n) is 2.27. The fraction of sp³-hybridized carbons (Fsp3) is 0.444. The molecule has 2 heteroatoms. The SMILES string of the molecule is CCN1C=CC2C=NC=CC21. The van der Waals surface area contributed by atoms with Crippen LogP contribution in [0, 0.1) is 5.92 Å². The molecule has 2 heterocycles. The summed E-state index contributed by atoms with van der Waals surface area (Å²) < 4.78 is 0.